The van der Waals surface area contributed by atoms with Crippen molar-refractivity contribution in [3.63, 3.8) is 0 Å². The van der Waals surface area contributed by atoms with E-state index in [1.165, 1.54) is 44.9 Å². The average molecular weight is 849 g/mol. The van der Waals surface area contributed by atoms with Crippen LogP contribution in [0.5, 0.6) is 0 Å². The first kappa shape index (κ1) is 57.6. The Kier molecular flexibility index (Phi) is 46.5. The molecule has 0 amide bonds. The van der Waals surface area contributed by atoms with Gasteiger partial charge in [-0.1, -0.05) is 183 Å². The number of ether oxygens (including phenoxy) is 3. The van der Waals surface area contributed by atoms with E-state index in [1.807, 2.05) is 0 Å². The summed E-state index contributed by atoms with van der Waals surface area (Å²) in [5.74, 6) is -0.940. The highest BCUT2D eigenvalue weighted by Gasteiger charge is 2.19. The van der Waals surface area contributed by atoms with Crippen LogP contribution in [0.1, 0.15) is 226 Å². The molecule has 0 aromatic heterocycles. The zero-order valence-corrected chi connectivity index (χ0v) is 39.7. The number of carbonyl (C=O) groups excluding carboxylic acids is 3. The lowest BCUT2D eigenvalue weighted by Crippen LogP contribution is -2.30. The topological polar surface area (TPSA) is 78.9 Å². The Labute approximate surface area is 375 Å². The number of rotatable bonds is 44. The zero-order chi connectivity index (χ0) is 44.4. The number of allylic oxidation sites excluding steroid dienone is 14. The van der Waals surface area contributed by atoms with Gasteiger partial charge in [0, 0.05) is 19.3 Å². The van der Waals surface area contributed by atoms with E-state index in [2.05, 4.69) is 106 Å². The number of hydrogen-bond donors (Lipinski definition) is 0. The van der Waals surface area contributed by atoms with Crippen LogP contribution in [-0.4, -0.2) is 37.2 Å². The first-order chi connectivity index (χ1) is 30.0. The lowest BCUT2D eigenvalue weighted by molar-refractivity contribution is -0.167. The van der Waals surface area contributed by atoms with Gasteiger partial charge in [0.15, 0.2) is 6.10 Å². The van der Waals surface area contributed by atoms with E-state index >= 15 is 0 Å². The monoisotopic (exact) mass is 849 g/mol. The number of unbranched alkanes of at least 4 members (excludes halogenated alkanes) is 19. The second-order valence-electron chi connectivity index (χ2n) is 16.3. The van der Waals surface area contributed by atoms with Crippen molar-refractivity contribution in [2.45, 2.75) is 232 Å². The van der Waals surface area contributed by atoms with Crippen LogP contribution >= 0.6 is 0 Å². The third-order valence-corrected chi connectivity index (χ3v) is 10.4. The highest BCUT2D eigenvalue weighted by Crippen LogP contribution is 2.13. The van der Waals surface area contributed by atoms with Crippen LogP contribution in [0.15, 0.2) is 85.1 Å². The Morgan fingerprint density at radius 2 is 0.639 bits per heavy atom. The second kappa shape index (κ2) is 49.2. The minimum Gasteiger partial charge on any atom is -0.462 e. The average Bonchev–Trinajstić information content (AvgIpc) is 3.26. The summed E-state index contributed by atoms with van der Waals surface area (Å²) in [6.07, 6.45) is 62.7. The summed E-state index contributed by atoms with van der Waals surface area (Å²) >= 11 is 0. The van der Waals surface area contributed by atoms with Crippen molar-refractivity contribution in [1.82, 2.24) is 0 Å². The molecule has 0 saturated heterocycles. The van der Waals surface area contributed by atoms with Crippen molar-refractivity contribution in [2.75, 3.05) is 13.2 Å². The van der Waals surface area contributed by atoms with Crippen molar-refractivity contribution in [3.8, 4) is 0 Å². The summed E-state index contributed by atoms with van der Waals surface area (Å²) in [6, 6.07) is 0. The minimum absolute atomic E-state index is 0.0944. The highest BCUT2D eigenvalue weighted by molar-refractivity contribution is 5.71. The molecular weight excluding hydrogens is 757 g/mol. The summed E-state index contributed by atoms with van der Waals surface area (Å²) in [7, 11) is 0. The van der Waals surface area contributed by atoms with E-state index in [0.717, 1.165) is 141 Å². The molecule has 0 rings (SSSR count). The fraction of sp³-hybridized carbons (Fsp3) is 0.691. The van der Waals surface area contributed by atoms with E-state index in [4.69, 9.17) is 14.2 Å². The van der Waals surface area contributed by atoms with Gasteiger partial charge in [-0.2, -0.15) is 0 Å². The van der Waals surface area contributed by atoms with Crippen LogP contribution in [-0.2, 0) is 28.6 Å². The minimum atomic E-state index is -0.795. The molecule has 0 N–H and O–H groups in total. The van der Waals surface area contributed by atoms with Gasteiger partial charge in [-0.15, -0.1) is 0 Å². The van der Waals surface area contributed by atoms with Crippen molar-refractivity contribution in [1.29, 1.82) is 0 Å². The molecule has 6 nitrogen and oxygen atoms in total. The molecule has 0 heterocycles. The molecule has 0 aromatic rings. The van der Waals surface area contributed by atoms with Gasteiger partial charge in [-0.05, 0) is 109 Å². The van der Waals surface area contributed by atoms with Crippen LogP contribution in [0.4, 0.5) is 0 Å². The van der Waals surface area contributed by atoms with Gasteiger partial charge >= 0.3 is 17.9 Å². The first-order valence-electron chi connectivity index (χ1n) is 25.1. The molecule has 348 valence electrons. The van der Waals surface area contributed by atoms with Gasteiger partial charge in [0.25, 0.3) is 0 Å². The third kappa shape index (κ3) is 47.5. The predicted molar refractivity (Wildman–Crippen MR) is 261 cm³/mol. The number of hydrogen-bond acceptors (Lipinski definition) is 6. The fourth-order valence-electron chi connectivity index (χ4n) is 6.64. The van der Waals surface area contributed by atoms with E-state index in [9.17, 15) is 14.4 Å². The Morgan fingerprint density at radius 3 is 1.02 bits per heavy atom. The summed E-state index contributed by atoms with van der Waals surface area (Å²) in [5.41, 5.74) is 0. The molecule has 0 aliphatic rings. The van der Waals surface area contributed by atoms with Crippen molar-refractivity contribution >= 4 is 17.9 Å². The van der Waals surface area contributed by atoms with E-state index in [-0.39, 0.29) is 31.1 Å². The first-order valence-corrected chi connectivity index (χ1v) is 25.1. The lowest BCUT2D eigenvalue weighted by Gasteiger charge is -2.18. The molecule has 0 bridgehead atoms. The molecule has 0 spiro atoms. The molecule has 0 aliphatic heterocycles. The smallest absolute Gasteiger partial charge is 0.306 e. The molecule has 0 saturated carbocycles. The molecular formula is C55H92O6. The van der Waals surface area contributed by atoms with Crippen LogP contribution in [0.3, 0.4) is 0 Å². The summed E-state index contributed by atoms with van der Waals surface area (Å²) in [6.45, 7) is 6.35. The van der Waals surface area contributed by atoms with Gasteiger partial charge < -0.3 is 14.2 Å². The highest BCUT2D eigenvalue weighted by atomic mass is 16.6. The Bertz CT molecular complexity index is 1200. The Balaban J connectivity index is 4.46. The summed E-state index contributed by atoms with van der Waals surface area (Å²) in [4.78, 5) is 37.9. The lowest BCUT2D eigenvalue weighted by atomic mass is 10.1. The van der Waals surface area contributed by atoms with E-state index in [1.54, 1.807) is 0 Å². The largest absolute Gasteiger partial charge is 0.462 e. The van der Waals surface area contributed by atoms with Crippen LogP contribution in [0.2, 0.25) is 0 Å². The quantitative estimate of drug-likeness (QED) is 0.0263. The number of esters is 3. The maximum atomic E-state index is 12.8. The van der Waals surface area contributed by atoms with Gasteiger partial charge in [0.2, 0.25) is 0 Å². The molecule has 0 unspecified atom stereocenters. The van der Waals surface area contributed by atoms with Crippen molar-refractivity contribution < 1.29 is 28.6 Å². The molecule has 6 heteroatoms. The van der Waals surface area contributed by atoms with Crippen LogP contribution in [0, 0.1) is 0 Å². The molecule has 0 radical (unpaired) electrons. The zero-order valence-electron chi connectivity index (χ0n) is 39.7. The maximum Gasteiger partial charge on any atom is 0.306 e. The van der Waals surface area contributed by atoms with Crippen LogP contribution < -0.4 is 0 Å². The predicted octanol–water partition coefficient (Wildman–Crippen LogP) is 16.4. The summed E-state index contributed by atoms with van der Waals surface area (Å²) < 4.78 is 16.7. The van der Waals surface area contributed by atoms with Gasteiger partial charge in [-0.25, -0.2) is 0 Å². The SMILES string of the molecule is CC/C=C/C/C=C/C/C=C/CCCCCCCC(=O)OC[C@@H](COC(=O)CCCCCCC/C=C/CCCCCC)OC(=O)CCCCCCC/C=C/C/C=C/C/C=C/CC. The van der Waals surface area contributed by atoms with Crippen molar-refractivity contribution in [2.24, 2.45) is 0 Å². The van der Waals surface area contributed by atoms with Gasteiger partial charge in [0.1, 0.15) is 13.2 Å². The Morgan fingerprint density at radius 1 is 0.344 bits per heavy atom. The standard InChI is InChI=1S/C55H92O6/c1-4-7-10-13-16-19-22-25-27-30-33-36-39-42-45-48-54(57)60-51-52(50-59-53(56)47-44-41-38-35-32-29-24-21-18-15-12-9-6-3)61-55(58)49-46-43-40-37-34-31-28-26-23-20-17-14-11-8-5-2/h7-8,10-11,16-17,19-21,24-28,52H,4-6,9,12-15,18,22-23,29-51H2,1-3H3/b10-7+,11-8+,19-16+,20-17+,24-21+,27-25+,28-26+/t52-/m1/s1. The fourth-order valence-corrected chi connectivity index (χ4v) is 6.64. The van der Waals surface area contributed by atoms with E-state index < -0.39 is 6.10 Å². The van der Waals surface area contributed by atoms with Gasteiger partial charge in [0.05, 0.1) is 0 Å². The molecule has 61 heavy (non-hydrogen) atoms. The normalized spacial score (nSPS) is 12.8. The molecule has 0 aromatic carbocycles. The molecule has 1 atom stereocenters. The molecule has 0 fully saturated rings. The van der Waals surface area contributed by atoms with Gasteiger partial charge in [-0.3, -0.25) is 14.4 Å². The number of carbonyl (C=O) groups is 3. The summed E-state index contributed by atoms with van der Waals surface area (Å²) in [5, 5.41) is 0. The molecule has 0 aliphatic carbocycles. The third-order valence-electron chi connectivity index (χ3n) is 10.4. The Hall–Kier alpha value is -3.41. The van der Waals surface area contributed by atoms with Crippen molar-refractivity contribution in [3.05, 3.63) is 85.1 Å². The van der Waals surface area contributed by atoms with E-state index in [0.29, 0.717) is 19.3 Å². The maximum absolute atomic E-state index is 12.8. The second-order valence-corrected chi connectivity index (χ2v) is 16.3. The van der Waals surface area contributed by atoms with Crippen LogP contribution in [0.25, 0.3) is 0 Å².